The lowest BCUT2D eigenvalue weighted by atomic mass is 9.96. The molecular formula is C11H21NO2. The van der Waals surface area contributed by atoms with Crippen molar-refractivity contribution in [1.29, 1.82) is 0 Å². The van der Waals surface area contributed by atoms with Gasteiger partial charge < -0.3 is 14.8 Å². The van der Waals surface area contributed by atoms with Crippen molar-refractivity contribution in [3.8, 4) is 0 Å². The molecule has 0 saturated carbocycles. The number of hydrogen-bond acceptors (Lipinski definition) is 3. The molecule has 1 unspecified atom stereocenters. The SMILES string of the molecule is CCNC(C1=CCCO1)C(C)(C)OC. The third-order valence-corrected chi connectivity index (χ3v) is 2.65. The average molecular weight is 199 g/mol. The van der Waals surface area contributed by atoms with Gasteiger partial charge in [-0.2, -0.15) is 0 Å². The van der Waals surface area contributed by atoms with Crippen LogP contribution in [0.5, 0.6) is 0 Å². The number of hydrogen-bond donors (Lipinski definition) is 1. The number of methoxy groups -OCH3 is 1. The fraction of sp³-hybridized carbons (Fsp3) is 0.818. The summed E-state index contributed by atoms with van der Waals surface area (Å²) >= 11 is 0. The van der Waals surface area contributed by atoms with Crippen LogP contribution in [-0.4, -0.2) is 31.9 Å². The van der Waals surface area contributed by atoms with Gasteiger partial charge in [-0.3, -0.25) is 0 Å². The van der Waals surface area contributed by atoms with Gasteiger partial charge in [-0.05, 0) is 26.5 Å². The van der Waals surface area contributed by atoms with Crippen molar-refractivity contribution in [3.05, 3.63) is 11.8 Å². The number of rotatable bonds is 5. The topological polar surface area (TPSA) is 30.5 Å². The molecule has 82 valence electrons. The zero-order valence-corrected chi connectivity index (χ0v) is 9.59. The quantitative estimate of drug-likeness (QED) is 0.731. The molecule has 14 heavy (non-hydrogen) atoms. The summed E-state index contributed by atoms with van der Waals surface area (Å²) in [5, 5.41) is 3.40. The van der Waals surface area contributed by atoms with Crippen molar-refractivity contribution >= 4 is 0 Å². The largest absolute Gasteiger partial charge is 0.496 e. The lowest BCUT2D eigenvalue weighted by Crippen LogP contribution is -2.49. The van der Waals surface area contributed by atoms with E-state index in [1.165, 1.54) is 0 Å². The maximum absolute atomic E-state index is 5.57. The zero-order chi connectivity index (χ0) is 10.6. The molecule has 1 atom stereocenters. The fourth-order valence-corrected chi connectivity index (χ4v) is 1.65. The zero-order valence-electron chi connectivity index (χ0n) is 9.59. The van der Waals surface area contributed by atoms with Gasteiger partial charge in [0.1, 0.15) is 5.76 Å². The standard InChI is InChI=1S/C11H21NO2/c1-5-12-10(11(2,3)13-4)9-7-6-8-14-9/h7,10,12H,5-6,8H2,1-4H3. The molecule has 1 heterocycles. The Hall–Kier alpha value is -0.540. The molecule has 3 heteroatoms. The van der Waals surface area contributed by atoms with Crippen LogP contribution in [0.25, 0.3) is 0 Å². The van der Waals surface area contributed by atoms with Gasteiger partial charge in [0, 0.05) is 13.5 Å². The predicted molar refractivity (Wildman–Crippen MR) is 57.2 cm³/mol. The van der Waals surface area contributed by atoms with Crippen LogP contribution in [0, 0.1) is 0 Å². The van der Waals surface area contributed by atoms with Crippen LogP contribution >= 0.6 is 0 Å². The molecule has 0 aliphatic carbocycles. The number of likely N-dealkylation sites (N-methyl/N-ethyl adjacent to an activating group) is 1. The average Bonchev–Trinajstić information content (AvgIpc) is 2.66. The Labute approximate surface area is 86.5 Å². The Bertz CT molecular complexity index is 211. The lowest BCUT2D eigenvalue weighted by Gasteiger charge is -2.33. The Morgan fingerprint density at radius 2 is 2.36 bits per heavy atom. The molecular weight excluding hydrogens is 178 g/mol. The highest BCUT2D eigenvalue weighted by molar-refractivity contribution is 5.12. The molecule has 0 bridgehead atoms. The van der Waals surface area contributed by atoms with Crippen LogP contribution in [0.3, 0.4) is 0 Å². The van der Waals surface area contributed by atoms with E-state index in [0.29, 0.717) is 0 Å². The van der Waals surface area contributed by atoms with Crippen LogP contribution in [0.2, 0.25) is 0 Å². The molecule has 1 N–H and O–H groups in total. The maximum Gasteiger partial charge on any atom is 0.112 e. The molecule has 1 aliphatic rings. The molecule has 0 radical (unpaired) electrons. The lowest BCUT2D eigenvalue weighted by molar-refractivity contribution is -0.0135. The van der Waals surface area contributed by atoms with Gasteiger partial charge in [-0.1, -0.05) is 6.92 Å². The van der Waals surface area contributed by atoms with Gasteiger partial charge >= 0.3 is 0 Å². The minimum atomic E-state index is -0.230. The highest BCUT2D eigenvalue weighted by atomic mass is 16.5. The van der Waals surface area contributed by atoms with E-state index in [0.717, 1.165) is 25.3 Å². The van der Waals surface area contributed by atoms with Crippen molar-refractivity contribution in [2.24, 2.45) is 0 Å². The number of nitrogens with one attached hydrogen (secondary N) is 1. The van der Waals surface area contributed by atoms with Gasteiger partial charge in [-0.25, -0.2) is 0 Å². The summed E-state index contributed by atoms with van der Waals surface area (Å²) in [6.45, 7) is 7.95. The van der Waals surface area contributed by atoms with Crippen LogP contribution in [0.4, 0.5) is 0 Å². The Kier molecular flexibility index (Phi) is 3.96. The van der Waals surface area contributed by atoms with Crippen LogP contribution < -0.4 is 5.32 Å². The van der Waals surface area contributed by atoms with Crippen LogP contribution in [0.1, 0.15) is 27.2 Å². The molecule has 1 rings (SSSR count). The first-order valence-electron chi connectivity index (χ1n) is 5.23. The third kappa shape index (κ3) is 2.49. The second-order valence-electron chi connectivity index (χ2n) is 4.04. The van der Waals surface area contributed by atoms with Crippen molar-refractivity contribution in [2.45, 2.75) is 38.8 Å². The van der Waals surface area contributed by atoms with E-state index < -0.39 is 0 Å². The fourth-order valence-electron chi connectivity index (χ4n) is 1.65. The highest BCUT2D eigenvalue weighted by Crippen LogP contribution is 2.24. The molecule has 1 aliphatic heterocycles. The minimum Gasteiger partial charge on any atom is -0.496 e. The summed E-state index contributed by atoms with van der Waals surface area (Å²) in [5.41, 5.74) is -0.230. The van der Waals surface area contributed by atoms with Crippen LogP contribution in [-0.2, 0) is 9.47 Å². The third-order valence-electron chi connectivity index (χ3n) is 2.65. The molecule has 0 spiro atoms. The molecule has 0 saturated heterocycles. The molecule has 0 fully saturated rings. The first kappa shape index (κ1) is 11.5. The summed E-state index contributed by atoms with van der Waals surface area (Å²) in [5.74, 6) is 1.03. The van der Waals surface area contributed by atoms with Crippen molar-refractivity contribution in [1.82, 2.24) is 5.32 Å². The monoisotopic (exact) mass is 199 g/mol. The van der Waals surface area contributed by atoms with Crippen molar-refractivity contribution in [3.63, 3.8) is 0 Å². The van der Waals surface area contributed by atoms with E-state index in [4.69, 9.17) is 9.47 Å². The highest BCUT2D eigenvalue weighted by Gasteiger charge is 2.33. The van der Waals surface area contributed by atoms with Crippen molar-refractivity contribution < 1.29 is 9.47 Å². The number of ether oxygens (including phenoxy) is 2. The van der Waals surface area contributed by atoms with Gasteiger partial charge in [0.25, 0.3) is 0 Å². The Balaban J connectivity index is 2.72. The Morgan fingerprint density at radius 1 is 1.64 bits per heavy atom. The van der Waals surface area contributed by atoms with Gasteiger partial charge in [0.2, 0.25) is 0 Å². The van der Waals surface area contributed by atoms with Gasteiger partial charge in [0.15, 0.2) is 0 Å². The summed E-state index contributed by atoms with van der Waals surface area (Å²) in [4.78, 5) is 0. The van der Waals surface area contributed by atoms with E-state index in [-0.39, 0.29) is 11.6 Å². The van der Waals surface area contributed by atoms with Crippen LogP contribution in [0.15, 0.2) is 11.8 Å². The normalized spacial score (nSPS) is 19.0. The summed E-state index contributed by atoms with van der Waals surface area (Å²) < 4.78 is 11.1. The van der Waals surface area contributed by atoms with Crippen molar-refractivity contribution in [2.75, 3.05) is 20.3 Å². The molecule has 0 aromatic heterocycles. The van der Waals surface area contributed by atoms with Gasteiger partial charge in [0.05, 0.1) is 18.2 Å². The van der Waals surface area contributed by atoms with E-state index in [1.54, 1.807) is 7.11 Å². The van der Waals surface area contributed by atoms with E-state index >= 15 is 0 Å². The predicted octanol–water partition coefficient (Wildman–Crippen LogP) is 1.69. The second kappa shape index (κ2) is 4.80. The summed E-state index contributed by atoms with van der Waals surface area (Å²) in [6, 6.07) is 0.153. The first-order chi connectivity index (χ1) is 6.61. The smallest absolute Gasteiger partial charge is 0.112 e. The van der Waals surface area contributed by atoms with E-state index in [1.807, 2.05) is 0 Å². The Morgan fingerprint density at radius 3 is 2.79 bits per heavy atom. The maximum atomic E-state index is 5.57. The van der Waals surface area contributed by atoms with E-state index in [9.17, 15) is 0 Å². The molecule has 0 aromatic carbocycles. The second-order valence-corrected chi connectivity index (χ2v) is 4.04. The minimum absolute atomic E-state index is 0.153. The molecule has 0 amide bonds. The molecule has 0 aromatic rings. The summed E-state index contributed by atoms with van der Waals surface area (Å²) in [7, 11) is 1.74. The first-order valence-corrected chi connectivity index (χ1v) is 5.23. The van der Waals surface area contributed by atoms with E-state index in [2.05, 4.69) is 32.2 Å². The van der Waals surface area contributed by atoms with Gasteiger partial charge in [-0.15, -0.1) is 0 Å². The summed E-state index contributed by atoms with van der Waals surface area (Å²) in [6.07, 6.45) is 3.16. The molecule has 3 nitrogen and oxygen atoms in total.